The molecule has 0 aliphatic carbocycles. The van der Waals surface area contributed by atoms with E-state index in [0.29, 0.717) is 3.57 Å². The number of hydrogen-bond donors (Lipinski definition) is 1. The number of nitrogens with one attached hydrogen (secondary N) is 1. The van der Waals surface area contributed by atoms with Gasteiger partial charge in [0.25, 0.3) is 0 Å². The van der Waals surface area contributed by atoms with Gasteiger partial charge in [-0.1, -0.05) is 0 Å². The van der Waals surface area contributed by atoms with Gasteiger partial charge in [-0.25, -0.2) is 4.39 Å². The number of aromatic nitrogens is 1. The van der Waals surface area contributed by atoms with Crippen molar-refractivity contribution in [1.82, 2.24) is 4.98 Å². The summed E-state index contributed by atoms with van der Waals surface area (Å²) in [6.45, 7) is 1.31. The van der Waals surface area contributed by atoms with E-state index >= 15 is 0 Å². The summed E-state index contributed by atoms with van der Waals surface area (Å²) in [5, 5.41) is 0.206. The Balaban J connectivity index is 2.95. The molecule has 82 valence electrons. The Bertz CT molecular complexity index is 648. The largest absolute Gasteiger partial charge is 0.358 e. The van der Waals surface area contributed by atoms with E-state index in [4.69, 9.17) is 0 Å². The lowest BCUT2D eigenvalue weighted by atomic mass is 10.1. The molecule has 2 rings (SSSR count). The predicted octanol–water partition coefficient (Wildman–Crippen LogP) is 2.47. The zero-order valence-corrected chi connectivity index (χ0v) is 10.5. The van der Waals surface area contributed by atoms with Crippen LogP contribution in [-0.4, -0.2) is 10.8 Å². The molecular weight excluding hydrogens is 324 g/mol. The van der Waals surface area contributed by atoms with Crippen molar-refractivity contribution in [2.75, 3.05) is 0 Å². The van der Waals surface area contributed by atoms with Crippen LogP contribution < -0.4 is 5.43 Å². The number of hydrogen-bond acceptors (Lipinski definition) is 2. The predicted molar refractivity (Wildman–Crippen MR) is 67.2 cm³/mol. The Labute approximate surface area is 104 Å². The maximum absolute atomic E-state index is 13.5. The number of H-pyrrole nitrogens is 1. The summed E-state index contributed by atoms with van der Waals surface area (Å²) in [7, 11) is 0. The van der Waals surface area contributed by atoms with Crippen LogP contribution in [0.1, 0.15) is 17.3 Å². The van der Waals surface area contributed by atoms with E-state index in [2.05, 4.69) is 4.98 Å². The van der Waals surface area contributed by atoms with E-state index < -0.39 is 11.2 Å². The molecule has 16 heavy (non-hydrogen) atoms. The highest BCUT2D eigenvalue weighted by molar-refractivity contribution is 14.1. The molecule has 0 unspecified atom stereocenters. The Morgan fingerprint density at radius 1 is 1.44 bits per heavy atom. The Morgan fingerprint density at radius 3 is 2.75 bits per heavy atom. The lowest BCUT2D eigenvalue weighted by molar-refractivity contribution is 0.101. The lowest BCUT2D eigenvalue weighted by Crippen LogP contribution is -2.14. The van der Waals surface area contributed by atoms with Crippen molar-refractivity contribution in [2.24, 2.45) is 0 Å². The average molecular weight is 331 g/mol. The van der Waals surface area contributed by atoms with Crippen LogP contribution >= 0.6 is 22.6 Å². The monoisotopic (exact) mass is 331 g/mol. The molecule has 0 aliphatic rings. The van der Waals surface area contributed by atoms with Gasteiger partial charge in [-0.05, 0) is 41.6 Å². The van der Waals surface area contributed by atoms with Crippen molar-refractivity contribution in [1.29, 1.82) is 0 Å². The fourth-order valence-electron chi connectivity index (χ4n) is 1.52. The van der Waals surface area contributed by atoms with E-state index in [9.17, 15) is 14.0 Å². The number of carbonyl (C=O) groups excluding carboxylic acids is 1. The molecule has 1 N–H and O–H groups in total. The fourth-order valence-corrected chi connectivity index (χ4v) is 2.10. The van der Waals surface area contributed by atoms with Crippen molar-refractivity contribution < 1.29 is 9.18 Å². The van der Waals surface area contributed by atoms with Crippen LogP contribution in [0.2, 0.25) is 0 Å². The minimum absolute atomic E-state index is 0.0499. The maximum Gasteiger partial charge on any atom is 0.200 e. The maximum atomic E-state index is 13.5. The first-order valence-electron chi connectivity index (χ1n) is 4.52. The Morgan fingerprint density at radius 2 is 2.12 bits per heavy atom. The Hall–Kier alpha value is -1.24. The summed E-state index contributed by atoms with van der Waals surface area (Å²) in [5.41, 5.74) is -0.247. The molecule has 0 radical (unpaired) electrons. The number of ketones is 1. The SMILES string of the molecule is CC(=O)c1c[nH]c2c(F)cc(I)cc2c1=O. The van der Waals surface area contributed by atoms with Crippen molar-refractivity contribution in [3.63, 3.8) is 0 Å². The standard InChI is InChI=1S/C11H7FINO2/c1-5(15)8-4-14-10-7(11(8)16)2-6(13)3-9(10)12/h2-4H,1H3,(H,14,16). The van der Waals surface area contributed by atoms with Gasteiger partial charge in [0.2, 0.25) is 0 Å². The van der Waals surface area contributed by atoms with Crippen LogP contribution in [0.4, 0.5) is 4.39 Å². The van der Waals surface area contributed by atoms with Gasteiger partial charge >= 0.3 is 0 Å². The van der Waals surface area contributed by atoms with Gasteiger partial charge in [-0.15, -0.1) is 0 Å². The number of fused-ring (bicyclic) bond motifs is 1. The van der Waals surface area contributed by atoms with Gasteiger partial charge in [0.15, 0.2) is 11.2 Å². The van der Waals surface area contributed by atoms with Gasteiger partial charge in [0.05, 0.1) is 16.5 Å². The topological polar surface area (TPSA) is 49.9 Å². The summed E-state index contributed by atoms with van der Waals surface area (Å²) in [6.07, 6.45) is 1.25. The second-order valence-electron chi connectivity index (χ2n) is 3.40. The molecule has 0 atom stereocenters. The fraction of sp³-hybridized carbons (Fsp3) is 0.0909. The number of pyridine rings is 1. The second-order valence-corrected chi connectivity index (χ2v) is 4.64. The molecule has 0 spiro atoms. The van der Waals surface area contributed by atoms with E-state index in [-0.39, 0.29) is 22.2 Å². The molecule has 0 saturated carbocycles. The smallest absolute Gasteiger partial charge is 0.200 e. The number of benzene rings is 1. The van der Waals surface area contributed by atoms with Crippen molar-refractivity contribution >= 4 is 39.3 Å². The van der Waals surface area contributed by atoms with Crippen LogP contribution in [0.15, 0.2) is 23.1 Å². The molecule has 1 aromatic carbocycles. The molecule has 5 heteroatoms. The highest BCUT2D eigenvalue weighted by atomic mass is 127. The van der Waals surface area contributed by atoms with E-state index in [1.54, 1.807) is 6.07 Å². The zero-order chi connectivity index (χ0) is 11.9. The van der Waals surface area contributed by atoms with Crippen molar-refractivity contribution in [3.8, 4) is 0 Å². The number of carbonyl (C=O) groups is 1. The van der Waals surface area contributed by atoms with Gasteiger partial charge < -0.3 is 4.98 Å². The molecule has 2 aromatic rings. The molecular formula is C11H7FINO2. The Kier molecular flexibility index (Phi) is 2.79. The summed E-state index contributed by atoms with van der Waals surface area (Å²) in [4.78, 5) is 25.7. The van der Waals surface area contributed by atoms with Crippen LogP contribution in [0, 0.1) is 9.39 Å². The van der Waals surface area contributed by atoms with E-state index in [0.717, 1.165) is 0 Å². The number of rotatable bonds is 1. The van der Waals surface area contributed by atoms with E-state index in [1.165, 1.54) is 19.2 Å². The minimum Gasteiger partial charge on any atom is -0.358 e. The third kappa shape index (κ3) is 1.75. The van der Waals surface area contributed by atoms with Crippen molar-refractivity contribution in [2.45, 2.75) is 6.92 Å². The van der Waals surface area contributed by atoms with E-state index in [1.807, 2.05) is 22.6 Å². The third-order valence-corrected chi connectivity index (χ3v) is 2.91. The lowest BCUT2D eigenvalue weighted by Gasteiger charge is -2.02. The highest BCUT2D eigenvalue weighted by Crippen LogP contribution is 2.17. The second kappa shape index (κ2) is 3.97. The summed E-state index contributed by atoms with van der Waals surface area (Å²) in [6, 6.07) is 2.89. The number of aromatic amines is 1. The highest BCUT2D eigenvalue weighted by Gasteiger charge is 2.11. The quantitative estimate of drug-likeness (QED) is 0.645. The van der Waals surface area contributed by atoms with Gasteiger partial charge in [0.1, 0.15) is 5.82 Å². The molecule has 1 aromatic heterocycles. The number of Topliss-reactive ketones (excluding diaryl/α,β-unsaturated/α-hetero) is 1. The first-order valence-corrected chi connectivity index (χ1v) is 5.60. The first-order chi connectivity index (χ1) is 7.50. The molecule has 0 saturated heterocycles. The van der Waals surface area contributed by atoms with Crippen molar-refractivity contribution in [3.05, 3.63) is 43.5 Å². The molecule has 1 heterocycles. The zero-order valence-electron chi connectivity index (χ0n) is 8.30. The molecule has 0 fully saturated rings. The van der Waals surface area contributed by atoms with Crippen LogP contribution in [0.25, 0.3) is 10.9 Å². The average Bonchev–Trinajstić information content (AvgIpc) is 2.19. The molecule has 0 aliphatic heterocycles. The summed E-state index contributed by atoms with van der Waals surface area (Å²) < 4.78 is 14.1. The van der Waals surface area contributed by atoms with Crippen LogP contribution in [0.3, 0.4) is 0 Å². The van der Waals surface area contributed by atoms with Gasteiger partial charge in [-0.2, -0.15) is 0 Å². The van der Waals surface area contributed by atoms with Crippen LogP contribution in [-0.2, 0) is 0 Å². The summed E-state index contributed by atoms with van der Waals surface area (Å²) >= 11 is 1.92. The third-order valence-electron chi connectivity index (χ3n) is 2.28. The minimum atomic E-state index is -0.492. The number of halogens is 2. The first kappa shape index (κ1) is 11.3. The van der Waals surface area contributed by atoms with Gasteiger partial charge in [0, 0.05) is 9.77 Å². The van der Waals surface area contributed by atoms with Gasteiger partial charge in [-0.3, -0.25) is 9.59 Å². The molecule has 0 bridgehead atoms. The molecule has 3 nitrogen and oxygen atoms in total. The summed E-state index contributed by atoms with van der Waals surface area (Å²) in [5.74, 6) is -0.823. The normalized spacial score (nSPS) is 10.7. The molecule has 0 amide bonds. The van der Waals surface area contributed by atoms with Crippen LogP contribution in [0.5, 0.6) is 0 Å².